The fourth-order valence-electron chi connectivity index (χ4n) is 4.12. The first-order valence-corrected chi connectivity index (χ1v) is 13.3. The fourth-order valence-corrected chi connectivity index (χ4v) is 5.45. The number of fused-ring (bicyclic) bond motifs is 1. The molecular weight excluding hydrogens is 468 g/mol. The maximum absolute atomic E-state index is 13.0. The Morgan fingerprint density at radius 3 is 2.37 bits per heavy atom. The van der Waals surface area contributed by atoms with Crippen LogP contribution in [0.5, 0.6) is 0 Å². The number of amides is 1. The van der Waals surface area contributed by atoms with Crippen LogP contribution >= 0.6 is 0 Å². The normalized spacial score (nSPS) is 15.0. The third-order valence-corrected chi connectivity index (χ3v) is 7.74. The number of rotatable bonds is 8. The van der Waals surface area contributed by atoms with Crippen LogP contribution in [0.2, 0.25) is 0 Å². The van der Waals surface area contributed by atoms with Crippen LogP contribution in [0.25, 0.3) is 10.8 Å². The zero-order valence-electron chi connectivity index (χ0n) is 19.9. The van der Waals surface area contributed by atoms with Crippen molar-refractivity contribution >= 4 is 32.5 Å². The highest BCUT2D eigenvalue weighted by molar-refractivity contribution is 7.89. The second kappa shape index (κ2) is 10.5. The van der Waals surface area contributed by atoms with Crippen LogP contribution in [0.4, 0.5) is 5.82 Å². The molecule has 1 aliphatic heterocycles. The maximum Gasteiger partial charge on any atom is 0.274 e. The number of benzene rings is 1. The van der Waals surface area contributed by atoms with E-state index in [2.05, 4.69) is 20.3 Å². The topological polar surface area (TPSA) is 118 Å². The van der Waals surface area contributed by atoms with Crippen LogP contribution in [-0.2, 0) is 16.6 Å². The molecule has 10 nitrogen and oxygen atoms in total. The number of carbonyl (C=O) groups excluding carboxylic acids is 1. The Kier molecular flexibility index (Phi) is 7.46. The van der Waals surface area contributed by atoms with Crippen LogP contribution in [0.15, 0.2) is 53.5 Å². The summed E-state index contributed by atoms with van der Waals surface area (Å²) in [4.78, 5) is 32.1. The second-order valence-electron chi connectivity index (χ2n) is 8.92. The van der Waals surface area contributed by atoms with Crippen molar-refractivity contribution < 1.29 is 13.2 Å². The molecule has 0 spiro atoms. The minimum Gasteiger partial charge on any atom is -0.354 e. The minimum atomic E-state index is -3.54. The Morgan fingerprint density at radius 1 is 1.03 bits per heavy atom. The first kappa shape index (κ1) is 24.8. The van der Waals surface area contributed by atoms with Crippen molar-refractivity contribution in [3.63, 3.8) is 0 Å². The molecule has 0 aliphatic carbocycles. The monoisotopic (exact) mass is 498 g/mol. The van der Waals surface area contributed by atoms with Crippen molar-refractivity contribution in [2.45, 2.75) is 20.4 Å². The highest BCUT2D eigenvalue weighted by Gasteiger charge is 2.27. The van der Waals surface area contributed by atoms with E-state index < -0.39 is 15.9 Å². The van der Waals surface area contributed by atoms with E-state index in [9.17, 15) is 18.0 Å². The summed E-state index contributed by atoms with van der Waals surface area (Å²) in [5, 5.41) is 7.84. The number of nitrogens with zero attached hydrogens (tertiary/aromatic N) is 5. The third-order valence-electron chi connectivity index (χ3n) is 5.87. The lowest BCUT2D eigenvalue weighted by molar-refractivity contribution is 0.0950. The molecule has 0 radical (unpaired) electrons. The number of nitrogens with one attached hydrogen (secondary N) is 1. The maximum atomic E-state index is 13.0. The van der Waals surface area contributed by atoms with E-state index in [1.165, 1.54) is 8.99 Å². The van der Waals surface area contributed by atoms with Crippen LogP contribution < -0.4 is 15.8 Å². The zero-order chi connectivity index (χ0) is 25.0. The molecule has 3 heterocycles. The predicted molar refractivity (Wildman–Crippen MR) is 135 cm³/mol. The molecule has 186 valence electrons. The van der Waals surface area contributed by atoms with E-state index in [0.717, 1.165) is 5.82 Å². The highest BCUT2D eigenvalue weighted by Crippen LogP contribution is 2.16. The molecule has 1 N–H and O–H groups in total. The van der Waals surface area contributed by atoms with Crippen LogP contribution in [-0.4, -0.2) is 71.9 Å². The van der Waals surface area contributed by atoms with E-state index in [1.807, 2.05) is 32.0 Å². The molecule has 1 fully saturated rings. The Morgan fingerprint density at radius 2 is 1.71 bits per heavy atom. The number of hydrogen-bond donors (Lipinski definition) is 1. The molecule has 3 aromatic rings. The largest absolute Gasteiger partial charge is 0.354 e. The van der Waals surface area contributed by atoms with Crippen molar-refractivity contribution in [1.29, 1.82) is 0 Å². The Bertz CT molecular complexity index is 1350. The van der Waals surface area contributed by atoms with Gasteiger partial charge in [-0.15, -0.1) is 0 Å². The molecule has 1 amide bonds. The Balaban J connectivity index is 1.40. The van der Waals surface area contributed by atoms with Crippen LogP contribution in [0, 0.1) is 5.92 Å². The van der Waals surface area contributed by atoms with E-state index in [0.29, 0.717) is 43.5 Å². The van der Waals surface area contributed by atoms with E-state index in [1.54, 1.807) is 30.5 Å². The lowest BCUT2D eigenvalue weighted by atomic mass is 10.1. The molecule has 0 bridgehead atoms. The van der Waals surface area contributed by atoms with Gasteiger partial charge in [0.2, 0.25) is 10.0 Å². The van der Waals surface area contributed by atoms with Crippen molar-refractivity contribution in [3.8, 4) is 0 Å². The SMILES string of the molecule is CC(C)Cn1nc(C(=O)NCCS(=O)(=O)N2CCN(c3ccccn3)CC2)c2ccccc2c1=O. The Labute approximate surface area is 204 Å². The van der Waals surface area contributed by atoms with E-state index in [4.69, 9.17) is 0 Å². The summed E-state index contributed by atoms with van der Waals surface area (Å²) < 4.78 is 28.5. The molecule has 0 unspecified atom stereocenters. The summed E-state index contributed by atoms with van der Waals surface area (Å²) in [7, 11) is -3.54. The molecule has 0 saturated carbocycles. The van der Waals surface area contributed by atoms with Gasteiger partial charge in [-0.3, -0.25) is 9.59 Å². The Hall–Kier alpha value is -3.31. The van der Waals surface area contributed by atoms with Gasteiger partial charge in [0.05, 0.1) is 11.1 Å². The number of pyridine rings is 1. The predicted octanol–water partition coefficient (Wildman–Crippen LogP) is 1.33. The summed E-state index contributed by atoms with van der Waals surface area (Å²) >= 11 is 0. The third kappa shape index (κ3) is 5.68. The summed E-state index contributed by atoms with van der Waals surface area (Å²) in [5.74, 6) is 0.274. The van der Waals surface area contributed by atoms with Crippen molar-refractivity contribution in [2.24, 2.45) is 5.92 Å². The standard InChI is InChI=1S/C24H30N6O4S/c1-18(2)17-30-24(32)20-8-4-3-7-19(20)22(27-30)23(31)26-11-16-35(33,34)29-14-12-28(13-15-29)21-9-5-6-10-25-21/h3-10,18H,11-17H2,1-2H3,(H,26,31). The molecule has 0 atom stereocenters. The first-order valence-electron chi connectivity index (χ1n) is 11.7. The van der Waals surface area contributed by atoms with Crippen molar-refractivity contribution in [3.05, 3.63) is 64.7 Å². The van der Waals surface area contributed by atoms with Gasteiger partial charge in [0, 0.05) is 50.9 Å². The minimum absolute atomic E-state index is 0.0546. The average molecular weight is 499 g/mol. The van der Waals surface area contributed by atoms with Gasteiger partial charge >= 0.3 is 0 Å². The van der Waals surface area contributed by atoms with Gasteiger partial charge in [-0.05, 0) is 24.1 Å². The summed E-state index contributed by atoms with van der Waals surface area (Å²) in [6.45, 7) is 6.07. The highest BCUT2D eigenvalue weighted by atomic mass is 32.2. The molecule has 1 saturated heterocycles. The van der Waals surface area contributed by atoms with Crippen LogP contribution in [0.1, 0.15) is 24.3 Å². The number of sulfonamides is 1. The fraction of sp³-hybridized carbons (Fsp3) is 0.417. The van der Waals surface area contributed by atoms with Gasteiger partial charge in [0.1, 0.15) is 5.82 Å². The van der Waals surface area contributed by atoms with Gasteiger partial charge in [-0.25, -0.2) is 18.1 Å². The number of anilines is 1. The number of aromatic nitrogens is 3. The summed E-state index contributed by atoms with van der Waals surface area (Å²) in [5.41, 5.74) is -0.138. The van der Waals surface area contributed by atoms with Crippen molar-refractivity contribution in [1.82, 2.24) is 24.4 Å². The number of piperazine rings is 1. The van der Waals surface area contributed by atoms with Gasteiger partial charge < -0.3 is 10.2 Å². The van der Waals surface area contributed by atoms with Gasteiger partial charge in [-0.2, -0.15) is 9.40 Å². The van der Waals surface area contributed by atoms with Crippen molar-refractivity contribution in [2.75, 3.05) is 43.4 Å². The molecule has 1 aliphatic rings. The summed E-state index contributed by atoms with van der Waals surface area (Å²) in [6, 6.07) is 12.5. The first-order chi connectivity index (χ1) is 16.8. The molecule has 2 aromatic heterocycles. The molecule has 11 heteroatoms. The quantitative estimate of drug-likeness (QED) is 0.498. The van der Waals surface area contributed by atoms with Gasteiger partial charge in [0.15, 0.2) is 5.69 Å². The van der Waals surface area contributed by atoms with Crippen LogP contribution in [0.3, 0.4) is 0 Å². The average Bonchev–Trinajstić information content (AvgIpc) is 2.86. The smallest absolute Gasteiger partial charge is 0.274 e. The number of hydrogen-bond acceptors (Lipinski definition) is 7. The van der Waals surface area contributed by atoms with E-state index >= 15 is 0 Å². The molecule has 1 aromatic carbocycles. The van der Waals surface area contributed by atoms with E-state index in [-0.39, 0.29) is 29.5 Å². The molecular formula is C24H30N6O4S. The zero-order valence-corrected chi connectivity index (χ0v) is 20.7. The second-order valence-corrected chi connectivity index (χ2v) is 11.0. The van der Waals surface area contributed by atoms with Gasteiger partial charge in [-0.1, -0.05) is 38.1 Å². The lowest BCUT2D eigenvalue weighted by Gasteiger charge is -2.34. The molecule has 4 rings (SSSR count). The van der Waals surface area contributed by atoms with Gasteiger partial charge in [0.25, 0.3) is 11.5 Å². The number of carbonyl (C=O) groups is 1. The molecule has 35 heavy (non-hydrogen) atoms. The summed E-state index contributed by atoms with van der Waals surface area (Å²) in [6.07, 6.45) is 1.72. The lowest BCUT2D eigenvalue weighted by Crippen LogP contribution is -2.50.